The number of hydrogen-bond acceptors (Lipinski definition) is 4. The molecule has 1 aliphatic rings. The number of methoxy groups -OCH3 is 1. The van der Waals surface area contributed by atoms with Crippen LogP contribution in [0.2, 0.25) is 0 Å². The first kappa shape index (κ1) is 19.1. The number of aromatic nitrogens is 1. The first-order valence-electron chi connectivity index (χ1n) is 10.3. The van der Waals surface area contributed by atoms with Crippen LogP contribution in [0.3, 0.4) is 0 Å². The van der Waals surface area contributed by atoms with E-state index in [0.29, 0.717) is 19.6 Å². The van der Waals surface area contributed by atoms with E-state index in [4.69, 9.17) is 4.74 Å². The van der Waals surface area contributed by atoms with Gasteiger partial charge in [-0.15, -0.1) is 0 Å². The monoisotopic (exact) mass is 409 g/mol. The van der Waals surface area contributed by atoms with Gasteiger partial charge in [-0.25, -0.2) is 0 Å². The molecule has 0 bridgehead atoms. The second-order valence-electron chi connectivity index (χ2n) is 7.74. The summed E-state index contributed by atoms with van der Waals surface area (Å²) in [4.78, 5) is 19.5. The summed E-state index contributed by atoms with van der Waals surface area (Å²) in [6, 6.07) is 24.1. The molecule has 0 saturated carbocycles. The van der Waals surface area contributed by atoms with Gasteiger partial charge in [0.2, 0.25) is 0 Å². The Bertz CT molecular complexity index is 1270. The highest BCUT2D eigenvalue weighted by atomic mass is 16.5. The van der Waals surface area contributed by atoms with E-state index in [2.05, 4.69) is 28.5 Å². The number of ether oxygens (including phenoxy) is 1. The molecular formula is C26H23N3O2. The SMILES string of the molecule is COc1cccc(CN2Cc3cccc(NCc4ccc5ncccc5c4)c3C2=O)c1. The second-order valence-corrected chi connectivity index (χ2v) is 7.74. The van der Waals surface area contributed by atoms with Crippen LogP contribution in [0, 0.1) is 0 Å². The van der Waals surface area contributed by atoms with Crippen LogP contribution >= 0.6 is 0 Å². The minimum Gasteiger partial charge on any atom is -0.497 e. The molecule has 0 atom stereocenters. The summed E-state index contributed by atoms with van der Waals surface area (Å²) >= 11 is 0. The van der Waals surface area contributed by atoms with Gasteiger partial charge in [-0.2, -0.15) is 0 Å². The van der Waals surface area contributed by atoms with E-state index in [0.717, 1.165) is 44.6 Å². The topological polar surface area (TPSA) is 54.5 Å². The van der Waals surface area contributed by atoms with Gasteiger partial charge in [0.15, 0.2) is 0 Å². The molecule has 5 rings (SSSR count). The number of amides is 1. The molecule has 3 aromatic carbocycles. The molecule has 0 spiro atoms. The molecule has 1 aliphatic heterocycles. The lowest BCUT2D eigenvalue weighted by molar-refractivity contribution is 0.0767. The maximum atomic E-state index is 13.2. The summed E-state index contributed by atoms with van der Waals surface area (Å²) in [5.74, 6) is 0.859. The fraction of sp³-hybridized carbons (Fsp3) is 0.154. The number of benzene rings is 3. The molecule has 0 aliphatic carbocycles. The third-order valence-electron chi connectivity index (χ3n) is 5.67. The van der Waals surface area contributed by atoms with Gasteiger partial charge in [-0.05, 0) is 53.1 Å². The average molecular weight is 409 g/mol. The molecule has 154 valence electrons. The van der Waals surface area contributed by atoms with Crippen molar-refractivity contribution < 1.29 is 9.53 Å². The van der Waals surface area contributed by atoms with Crippen LogP contribution in [0.15, 0.2) is 79.0 Å². The molecule has 2 heterocycles. The van der Waals surface area contributed by atoms with E-state index in [1.165, 1.54) is 0 Å². The van der Waals surface area contributed by atoms with Gasteiger partial charge in [-0.3, -0.25) is 9.78 Å². The first-order valence-corrected chi connectivity index (χ1v) is 10.3. The quantitative estimate of drug-likeness (QED) is 0.486. The van der Waals surface area contributed by atoms with Crippen molar-refractivity contribution in [2.75, 3.05) is 12.4 Å². The maximum Gasteiger partial charge on any atom is 0.256 e. The zero-order valence-corrected chi connectivity index (χ0v) is 17.3. The van der Waals surface area contributed by atoms with Crippen LogP contribution in [-0.2, 0) is 19.6 Å². The van der Waals surface area contributed by atoms with Gasteiger partial charge < -0.3 is 15.0 Å². The largest absolute Gasteiger partial charge is 0.497 e. The van der Waals surface area contributed by atoms with E-state index >= 15 is 0 Å². The molecule has 1 N–H and O–H groups in total. The van der Waals surface area contributed by atoms with Crippen LogP contribution in [0.1, 0.15) is 27.0 Å². The highest BCUT2D eigenvalue weighted by molar-refractivity contribution is 6.03. The summed E-state index contributed by atoms with van der Waals surface area (Å²) in [7, 11) is 1.65. The Hall–Kier alpha value is -3.86. The van der Waals surface area contributed by atoms with E-state index in [-0.39, 0.29) is 5.91 Å². The molecule has 0 unspecified atom stereocenters. The highest BCUT2D eigenvalue weighted by Gasteiger charge is 2.29. The van der Waals surface area contributed by atoms with Gasteiger partial charge in [0.1, 0.15) is 5.75 Å². The minimum absolute atomic E-state index is 0.0589. The van der Waals surface area contributed by atoms with Gasteiger partial charge >= 0.3 is 0 Å². The van der Waals surface area contributed by atoms with Gasteiger partial charge in [-0.1, -0.05) is 36.4 Å². The fourth-order valence-electron chi connectivity index (χ4n) is 4.12. The number of nitrogens with zero attached hydrogens (tertiary/aromatic N) is 2. The summed E-state index contributed by atoms with van der Waals surface area (Å²) in [6.07, 6.45) is 1.80. The lowest BCUT2D eigenvalue weighted by Crippen LogP contribution is -2.23. The Kier molecular flexibility index (Phi) is 5.00. The van der Waals surface area contributed by atoms with Crippen LogP contribution in [-0.4, -0.2) is 22.9 Å². The summed E-state index contributed by atoms with van der Waals surface area (Å²) in [5, 5.41) is 4.58. The van der Waals surface area contributed by atoms with Crippen molar-refractivity contribution in [2.45, 2.75) is 19.6 Å². The van der Waals surface area contributed by atoms with Crippen molar-refractivity contribution >= 4 is 22.5 Å². The third kappa shape index (κ3) is 3.82. The summed E-state index contributed by atoms with van der Waals surface area (Å²) < 4.78 is 5.31. The molecule has 5 heteroatoms. The predicted molar refractivity (Wildman–Crippen MR) is 122 cm³/mol. The summed E-state index contributed by atoms with van der Waals surface area (Å²) in [5.41, 5.74) is 5.89. The molecule has 0 saturated heterocycles. The fourth-order valence-corrected chi connectivity index (χ4v) is 4.12. The maximum absolute atomic E-state index is 13.2. The van der Waals surface area contributed by atoms with Crippen LogP contribution in [0.25, 0.3) is 10.9 Å². The van der Waals surface area contributed by atoms with E-state index in [1.807, 2.05) is 59.5 Å². The third-order valence-corrected chi connectivity index (χ3v) is 5.67. The van der Waals surface area contributed by atoms with E-state index in [1.54, 1.807) is 13.3 Å². The Morgan fingerprint density at radius 1 is 1.00 bits per heavy atom. The predicted octanol–water partition coefficient (Wildman–Crippen LogP) is 5.01. The molecule has 4 aromatic rings. The Balaban J connectivity index is 1.34. The number of carbonyl (C=O) groups is 1. The second kappa shape index (κ2) is 8.11. The molecule has 5 nitrogen and oxygen atoms in total. The molecule has 1 amide bonds. The van der Waals surface area contributed by atoms with Gasteiger partial charge in [0.25, 0.3) is 5.91 Å². The number of rotatable bonds is 6. The average Bonchev–Trinajstić information content (AvgIpc) is 3.13. The lowest BCUT2D eigenvalue weighted by atomic mass is 10.1. The summed E-state index contributed by atoms with van der Waals surface area (Å²) in [6.45, 7) is 1.81. The first-order chi connectivity index (χ1) is 15.2. The van der Waals surface area contributed by atoms with E-state index < -0.39 is 0 Å². The van der Waals surface area contributed by atoms with Crippen LogP contribution < -0.4 is 10.1 Å². The number of fused-ring (bicyclic) bond motifs is 2. The number of pyridine rings is 1. The van der Waals surface area contributed by atoms with Gasteiger partial charge in [0, 0.05) is 36.9 Å². The molecule has 1 aromatic heterocycles. The highest BCUT2D eigenvalue weighted by Crippen LogP contribution is 2.31. The molecular weight excluding hydrogens is 386 g/mol. The van der Waals surface area contributed by atoms with Crippen molar-refractivity contribution in [3.05, 3.63) is 101 Å². The van der Waals surface area contributed by atoms with Crippen LogP contribution in [0.5, 0.6) is 5.75 Å². The Labute approximate surface area is 181 Å². The number of hydrogen-bond donors (Lipinski definition) is 1. The zero-order chi connectivity index (χ0) is 21.2. The molecule has 31 heavy (non-hydrogen) atoms. The van der Waals surface area contributed by atoms with E-state index in [9.17, 15) is 4.79 Å². The van der Waals surface area contributed by atoms with Crippen molar-refractivity contribution in [3.63, 3.8) is 0 Å². The molecule has 0 radical (unpaired) electrons. The van der Waals surface area contributed by atoms with Crippen molar-refractivity contribution in [1.82, 2.24) is 9.88 Å². The Morgan fingerprint density at radius 2 is 1.90 bits per heavy atom. The Morgan fingerprint density at radius 3 is 2.81 bits per heavy atom. The van der Waals surface area contributed by atoms with Crippen molar-refractivity contribution in [1.29, 1.82) is 0 Å². The number of anilines is 1. The number of carbonyl (C=O) groups excluding carboxylic acids is 1. The van der Waals surface area contributed by atoms with Gasteiger partial charge in [0.05, 0.1) is 18.2 Å². The van der Waals surface area contributed by atoms with Crippen LogP contribution in [0.4, 0.5) is 5.69 Å². The zero-order valence-electron chi connectivity index (χ0n) is 17.3. The number of nitrogens with one attached hydrogen (secondary N) is 1. The smallest absolute Gasteiger partial charge is 0.256 e. The lowest BCUT2D eigenvalue weighted by Gasteiger charge is -2.16. The van der Waals surface area contributed by atoms with Crippen molar-refractivity contribution in [2.24, 2.45) is 0 Å². The molecule has 0 fully saturated rings. The minimum atomic E-state index is 0.0589. The van der Waals surface area contributed by atoms with Crippen molar-refractivity contribution in [3.8, 4) is 5.75 Å². The normalized spacial score (nSPS) is 12.8. The standard InChI is InChI=1S/C26H23N3O2/c1-31-22-8-2-5-19(14-22)16-29-17-21-6-3-9-24(25(21)26(29)30)28-15-18-10-11-23-20(13-18)7-4-12-27-23/h2-14,28H,15-17H2,1H3.